The third-order valence-electron chi connectivity index (χ3n) is 6.96. The van der Waals surface area contributed by atoms with Crippen molar-refractivity contribution in [1.82, 2.24) is 20.5 Å². The van der Waals surface area contributed by atoms with Gasteiger partial charge in [-0.1, -0.05) is 69.9 Å². The minimum Gasteiger partial charge on any atom is -0.456 e. The molecule has 0 aliphatic carbocycles. The van der Waals surface area contributed by atoms with Crippen molar-refractivity contribution in [3.8, 4) is 11.3 Å². The number of anilines is 1. The van der Waals surface area contributed by atoms with Gasteiger partial charge in [-0.15, -0.1) is 0 Å². The number of nitrogens with one attached hydrogen (secondary N) is 2. The molecule has 0 saturated carbocycles. The van der Waals surface area contributed by atoms with Crippen molar-refractivity contribution in [2.24, 2.45) is 0 Å². The van der Waals surface area contributed by atoms with Gasteiger partial charge in [0.25, 0.3) is 11.8 Å². The molecule has 45 heavy (non-hydrogen) atoms. The highest BCUT2D eigenvalue weighted by molar-refractivity contribution is 7.87. The molecule has 3 heterocycles. The molecular formula is C31H30ClN5O7S. The number of hydrogen-bond acceptors (Lipinski definition) is 9. The number of aryl methyl sites for hydroxylation is 3. The SMILES string of the molecule is CC(C)=C(C(=O)OCc1cccc(C)c1)N1C(=O)C(NC(=O)c2c(-c3ccccc3Cl)noc2C)C1S(=O)Nc1cc(C)on1. The number of nitrogens with zero attached hydrogens (tertiary/aromatic N) is 3. The van der Waals surface area contributed by atoms with E-state index in [0.717, 1.165) is 16.0 Å². The number of hydrogen-bond donors (Lipinski definition) is 2. The van der Waals surface area contributed by atoms with Gasteiger partial charge in [0.15, 0.2) is 11.2 Å². The number of halogens is 1. The van der Waals surface area contributed by atoms with Crippen molar-refractivity contribution >= 4 is 46.2 Å². The molecule has 0 spiro atoms. The fourth-order valence-electron chi connectivity index (χ4n) is 4.88. The lowest BCUT2D eigenvalue weighted by atomic mass is 10.0. The van der Waals surface area contributed by atoms with Gasteiger partial charge in [-0.2, -0.15) is 0 Å². The molecule has 1 saturated heterocycles. The number of allylic oxidation sites excluding steroid dienone is 1. The van der Waals surface area contributed by atoms with Crippen molar-refractivity contribution in [3.63, 3.8) is 0 Å². The monoisotopic (exact) mass is 651 g/mol. The molecule has 3 unspecified atom stereocenters. The van der Waals surface area contributed by atoms with Crippen LogP contribution in [-0.4, -0.2) is 48.6 Å². The van der Waals surface area contributed by atoms with E-state index in [1.54, 1.807) is 52.0 Å². The average molecular weight is 652 g/mol. The first-order valence-electron chi connectivity index (χ1n) is 13.8. The molecule has 3 atom stereocenters. The number of benzene rings is 2. The zero-order valence-electron chi connectivity index (χ0n) is 25.0. The number of likely N-dealkylation sites (tertiary alicyclic amines) is 1. The summed E-state index contributed by atoms with van der Waals surface area (Å²) in [6, 6.07) is 14.4. The van der Waals surface area contributed by atoms with E-state index >= 15 is 0 Å². The van der Waals surface area contributed by atoms with Gasteiger partial charge in [0.1, 0.15) is 52.1 Å². The first-order chi connectivity index (χ1) is 21.5. The predicted molar refractivity (Wildman–Crippen MR) is 166 cm³/mol. The number of carbonyl (C=O) groups is 3. The quantitative estimate of drug-likeness (QED) is 0.137. The maximum atomic E-state index is 13.8. The molecule has 1 fully saturated rings. The molecule has 0 bridgehead atoms. The molecule has 1 aliphatic rings. The zero-order valence-corrected chi connectivity index (χ0v) is 26.6. The van der Waals surface area contributed by atoms with E-state index in [2.05, 4.69) is 20.4 Å². The van der Waals surface area contributed by atoms with Crippen LogP contribution in [0.4, 0.5) is 5.82 Å². The van der Waals surface area contributed by atoms with Crippen molar-refractivity contribution in [1.29, 1.82) is 0 Å². The highest BCUT2D eigenvalue weighted by Crippen LogP contribution is 2.34. The maximum Gasteiger partial charge on any atom is 0.355 e. The van der Waals surface area contributed by atoms with Crippen molar-refractivity contribution in [2.75, 3.05) is 4.72 Å². The fraction of sp³-hybridized carbons (Fsp3) is 0.258. The lowest BCUT2D eigenvalue weighted by Crippen LogP contribution is -2.72. The van der Waals surface area contributed by atoms with E-state index in [-0.39, 0.29) is 35.1 Å². The summed E-state index contributed by atoms with van der Waals surface area (Å²) in [4.78, 5) is 41.9. The van der Waals surface area contributed by atoms with Gasteiger partial charge in [0.05, 0.1) is 5.02 Å². The van der Waals surface area contributed by atoms with Crippen molar-refractivity contribution in [3.05, 3.63) is 99.1 Å². The summed E-state index contributed by atoms with van der Waals surface area (Å²) in [6.45, 7) is 8.35. The van der Waals surface area contributed by atoms with E-state index in [0.29, 0.717) is 21.9 Å². The number of rotatable bonds is 10. The number of carbonyl (C=O) groups excluding carboxylic acids is 3. The third kappa shape index (κ3) is 6.54. The zero-order chi connectivity index (χ0) is 32.4. The standard InChI is InChI=1S/C31H30ClN5O7S/c1-16(2)27(31(40)42-15-20-10-8-9-17(3)13-20)37-29(39)26(30(37)45(41)36-23-14-18(4)43-34-23)33-28(38)24-19(5)44-35-25(24)21-11-6-7-12-22(21)32/h6-14,26,30H,15H2,1-5H3,(H,33,38)(H,34,36). The van der Waals surface area contributed by atoms with Gasteiger partial charge in [-0.3, -0.25) is 19.2 Å². The molecule has 2 N–H and O–H groups in total. The van der Waals surface area contributed by atoms with E-state index < -0.39 is 40.2 Å². The van der Waals surface area contributed by atoms with Crippen LogP contribution < -0.4 is 10.0 Å². The van der Waals surface area contributed by atoms with Crippen LogP contribution >= 0.6 is 11.6 Å². The fourth-order valence-corrected chi connectivity index (χ4v) is 6.37. The second-order valence-corrected chi connectivity index (χ2v) is 12.3. The Balaban J connectivity index is 1.44. The predicted octanol–water partition coefficient (Wildman–Crippen LogP) is 4.99. The minimum atomic E-state index is -2.09. The number of aromatic nitrogens is 2. The molecule has 2 aromatic carbocycles. The van der Waals surface area contributed by atoms with Crippen LogP contribution in [-0.2, 0) is 31.9 Å². The average Bonchev–Trinajstić information content (AvgIpc) is 3.59. The molecule has 5 rings (SSSR count). The largest absolute Gasteiger partial charge is 0.456 e. The molecule has 1 aliphatic heterocycles. The Morgan fingerprint density at radius 3 is 2.47 bits per heavy atom. The van der Waals surface area contributed by atoms with Crippen molar-refractivity contribution in [2.45, 2.75) is 52.6 Å². The van der Waals surface area contributed by atoms with Crippen LogP contribution in [0.25, 0.3) is 11.3 Å². The normalized spacial score (nSPS) is 16.5. The Hall–Kier alpha value is -4.75. The van der Waals surface area contributed by atoms with Gasteiger partial charge in [-0.05, 0) is 51.8 Å². The van der Waals surface area contributed by atoms with Crippen LogP contribution in [0.1, 0.15) is 46.9 Å². The first-order valence-corrected chi connectivity index (χ1v) is 15.4. The minimum absolute atomic E-state index is 0.0404. The molecular weight excluding hydrogens is 622 g/mol. The molecule has 12 nitrogen and oxygen atoms in total. The van der Waals surface area contributed by atoms with Crippen LogP contribution in [0.5, 0.6) is 0 Å². The second-order valence-electron chi connectivity index (χ2n) is 10.6. The highest BCUT2D eigenvalue weighted by atomic mass is 35.5. The van der Waals surface area contributed by atoms with Crippen LogP contribution in [0, 0.1) is 20.8 Å². The number of esters is 1. The molecule has 2 aromatic heterocycles. The van der Waals surface area contributed by atoms with Crippen molar-refractivity contribution < 1.29 is 32.4 Å². The summed E-state index contributed by atoms with van der Waals surface area (Å²) in [6.07, 6.45) is 0. The van der Waals surface area contributed by atoms with E-state index in [4.69, 9.17) is 25.4 Å². The molecule has 14 heteroatoms. The Labute approximate surface area is 266 Å². The van der Waals surface area contributed by atoms with Gasteiger partial charge < -0.3 is 19.1 Å². The summed E-state index contributed by atoms with van der Waals surface area (Å²) in [5, 5.41) is 9.59. The van der Waals surface area contributed by atoms with Gasteiger partial charge in [0, 0.05) is 11.6 Å². The molecule has 0 radical (unpaired) electrons. The van der Waals surface area contributed by atoms with E-state index in [9.17, 15) is 18.6 Å². The molecule has 2 amide bonds. The highest BCUT2D eigenvalue weighted by Gasteiger charge is 2.55. The van der Waals surface area contributed by atoms with E-state index in [1.165, 1.54) is 6.07 Å². The lowest BCUT2D eigenvalue weighted by Gasteiger charge is -2.46. The Kier molecular flexibility index (Phi) is 9.21. The summed E-state index contributed by atoms with van der Waals surface area (Å²) >= 11 is 6.36. The molecule has 4 aromatic rings. The summed E-state index contributed by atoms with van der Waals surface area (Å²) in [5.74, 6) is -1.37. The maximum absolute atomic E-state index is 13.8. The number of β-lactam (4-membered cyclic amide) rings is 1. The summed E-state index contributed by atoms with van der Waals surface area (Å²) in [5.41, 5.74) is 2.79. The van der Waals surface area contributed by atoms with Gasteiger partial charge in [-0.25, -0.2) is 9.00 Å². The third-order valence-corrected chi connectivity index (χ3v) is 8.62. The number of ether oxygens (including phenoxy) is 1. The van der Waals surface area contributed by atoms with Gasteiger partial charge in [0.2, 0.25) is 0 Å². The smallest absolute Gasteiger partial charge is 0.355 e. The Bertz CT molecular complexity index is 1840. The summed E-state index contributed by atoms with van der Waals surface area (Å²) in [7, 11) is -2.09. The number of amides is 2. The van der Waals surface area contributed by atoms with Crippen LogP contribution in [0.3, 0.4) is 0 Å². The van der Waals surface area contributed by atoms with Crippen LogP contribution in [0.2, 0.25) is 5.02 Å². The Morgan fingerprint density at radius 1 is 1.04 bits per heavy atom. The topological polar surface area (TPSA) is 157 Å². The van der Waals surface area contributed by atoms with E-state index in [1.807, 2.05) is 31.2 Å². The lowest BCUT2D eigenvalue weighted by molar-refractivity contribution is -0.152. The van der Waals surface area contributed by atoms with Crippen LogP contribution in [0.15, 0.2) is 74.9 Å². The first kappa shape index (κ1) is 31.7. The Morgan fingerprint density at radius 2 is 1.80 bits per heavy atom. The van der Waals surface area contributed by atoms with Gasteiger partial charge >= 0.3 is 5.97 Å². The summed E-state index contributed by atoms with van der Waals surface area (Å²) < 4.78 is 32.4. The second kappa shape index (κ2) is 13.1. The molecule has 234 valence electrons.